The molecule has 0 radical (unpaired) electrons. The highest BCUT2D eigenvalue weighted by molar-refractivity contribution is 5.45. The van der Waals surface area contributed by atoms with Gasteiger partial charge in [0.1, 0.15) is 0 Å². The Morgan fingerprint density at radius 2 is 2.25 bits per heavy atom. The highest BCUT2D eigenvalue weighted by atomic mass is 16.5. The van der Waals surface area contributed by atoms with Crippen LogP contribution in [0, 0.1) is 5.92 Å². The molecule has 1 atom stereocenters. The van der Waals surface area contributed by atoms with Gasteiger partial charge in [-0.3, -0.25) is 4.79 Å². The minimum atomic E-state index is 0.581. The summed E-state index contributed by atoms with van der Waals surface area (Å²) in [5, 5.41) is 2.65. The van der Waals surface area contributed by atoms with Crippen molar-refractivity contribution in [3.05, 3.63) is 0 Å². The summed E-state index contributed by atoms with van der Waals surface area (Å²) in [6, 6.07) is 0. The minimum absolute atomic E-state index is 0.581. The summed E-state index contributed by atoms with van der Waals surface area (Å²) in [5.41, 5.74) is 0. The van der Waals surface area contributed by atoms with E-state index in [1.165, 1.54) is 0 Å². The Bertz CT molecular complexity index is 107. The minimum Gasteiger partial charge on any atom is -0.381 e. The maximum Gasteiger partial charge on any atom is 0.207 e. The van der Waals surface area contributed by atoms with Crippen molar-refractivity contribution in [2.45, 2.75) is 26.7 Å². The molecule has 1 unspecified atom stereocenters. The van der Waals surface area contributed by atoms with Crippen LogP contribution in [-0.2, 0) is 9.53 Å². The lowest BCUT2D eigenvalue weighted by molar-refractivity contribution is -0.109. The number of rotatable bonds is 8. The Morgan fingerprint density at radius 3 is 2.75 bits per heavy atom. The van der Waals surface area contributed by atoms with Crippen LogP contribution in [0.3, 0.4) is 0 Å². The molecule has 0 aliphatic rings. The van der Waals surface area contributed by atoms with E-state index in [1.807, 2.05) is 6.92 Å². The van der Waals surface area contributed by atoms with E-state index in [2.05, 4.69) is 12.2 Å². The Labute approximate surface area is 74.5 Å². The predicted octanol–water partition coefficient (Wildman–Crippen LogP) is 1.19. The fourth-order valence-corrected chi connectivity index (χ4v) is 1.04. The first-order valence-corrected chi connectivity index (χ1v) is 4.59. The molecule has 0 bridgehead atoms. The van der Waals surface area contributed by atoms with Gasteiger partial charge in [0, 0.05) is 19.8 Å². The van der Waals surface area contributed by atoms with Gasteiger partial charge in [-0.1, -0.05) is 13.3 Å². The van der Waals surface area contributed by atoms with Crippen LogP contribution in [0.5, 0.6) is 0 Å². The van der Waals surface area contributed by atoms with Crippen molar-refractivity contribution in [2.75, 3.05) is 19.8 Å². The standard InChI is InChI=1S/C9H19NO2/c1-3-9(7-12-4-2)5-6-10-8-11/h8-9H,3-7H2,1-2H3,(H,10,11). The third-order valence-electron chi connectivity index (χ3n) is 1.92. The number of carbonyl (C=O) groups excluding carboxylic acids is 1. The highest BCUT2D eigenvalue weighted by Gasteiger charge is 2.04. The van der Waals surface area contributed by atoms with Gasteiger partial charge in [-0.2, -0.15) is 0 Å². The molecule has 0 aromatic heterocycles. The van der Waals surface area contributed by atoms with Crippen LogP contribution in [0.15, 0.2) is 0 Å². The Morgan fingerprint density at radius 1 is 1.50 bits per heavy atom. The van der Waals surface area contributed by atoms with E-state index in [9.17, 15) is 4.79 Å². The van der Waals surface area contributed by atoms with E-state index >= 15 is 0 Å². The van der Waals surface area contributed by atoms with Crippen LogP contribution in [0.25, 0.3) is 0 Å². The van der Waals surface area contributed by atoms with E-state index in [1.54, 1.807) is 0 Å². The lowest BCUT2D eigenvalue weighted by Crippen LogP contribution is -2.18. The zero-order chi connectivity index (χ0) is 9.23. The van der Waals surface area contributed by atoms with Gasteiger partial charge in [0.25, 0.3) is 0 Å². The number of carbonyl (C=O) groups is 1. The fraction of sp³-hybridized carbons (Fsp3) is 0.889. The molecule has 72 valence electrons. The summed E-state index contributed by atoms with van der Waals surface area (Å²) in [4.78, 5) is 9.95. The fourth-order valence-electron chi connectivity index (χ4n) is 1.04. The van der Waals surface area contributed by atoms with Crippen molar-refractivity contribution < 1.29 is 9.53 Å². The smallest absolute Gasteiger partial charge is 0.207 e. The molecule has 0 aromatic rings. The summed E-state index contributed by atoms with van der Waals surface area (Å²) in [7, 11) is 0. The van der Waals surface area contributed by atoms with E-state index < -0.39 is 0 Å². The topological polar surface area (TPSA) is 38.3 Å². The van der Waals surface area contributed by atoms with Gasteiger partial charge in [0.15, 0.2) is 0 Å². The zero-order valence-electron chi connectivity index (χ0n) is 8.01. The third-order valence-corrected chi connectivity index (χ3v) is 1.92. The van der Waals surface area contributed by atoms with Crippen LogP contribution in [-0.4, -0.2) is 26.2 Å². The first kappa shape index (κ1) is 11.4. The van der Waals surface area contributed by atoms with Gasteiger partial charge in [-0.25, -0.2) is 0 Å². The zero-order valence-corrected chi connectivity index (χ0v) is 8.01. The summed E-state index contributed by atoms with van der Waals surface area (Å²) in [6.07, 6.45) is 2.86. The molecule has 0 aliphatic heterocycles. The average molecular weight is 173 g/mol. The maximum absolute atomic E-state index is 9.95. The molecule has 1 amide bonds. The van der Waals surface area contributed by atoms with Crippen LogP contribution in [0.2, 0.25) is 0 Å². The monoisotopic (exact) mass is 173 g/mol. The number of amides is 1. The molecule has 0 saturated carbocycles. The lowest BCUT2D eigenvalue weighted by atomic mass is 10.0. The molecule has 3 nitrogen and oxygen atoms in total. The van der Waals surface area contributed by atoms with Crippen LogP contribution in [0.4, 0.5) is 0 Å². The predicted molar refractivity (Wildman–Crippen MR) is 49.0 cm³/mol. The van der Waals surface area contributed by atoms with E-state index in [4.69, 9.17) is 4.74 Å². The number of hydrogen-bond acceptors (Lipinski definition) is 2. The van der Waals surface area contributed by atoms with Gasteiger partial charge >= 0.3 is 0 Å². The summed E-state index contributed by atoms with van der Waals surface area (Å²) < 4.78 is 5.30. The molecule has 0 fully saturated rings. The molecule has 12 heavy (non-hydrogen) atoms. The lowest BCUT2D eigenvalue weighted by Gasteiger charge is -2.13. The van der Waals surface area contributed by atoms with E-state index in [0.29, 0.717) is 5.92 Å². The first-order valence-electron chi connectivity index (χ1n) is 4.59. The van der Waals surface area contributed by atoms with Crippen LogP contribution >= 0.6 is 0 Å². The molecule has 0 aliphatic carbocycles. The third kappa shape index (κ3) is 6.16. The quantitative estimate of drug-likeness (QED) is 0.442. The van der Waals surface area contributed by atoms with Crippen LogP contribution in [0.1, 0.15) is 26.7 Å². The Kier molecular flexibility index (Phi) is 8.12. The first-order chi connectivity index (χ1) is 5.85. The van der Waals surface area contributed by atoms with Crippen molar-refractivity contribution in [3.63, 3.8) is 0 Å². The van der Waals surface area contributed by atoms with Crippen molar-refractivity contribution >= 4 is 6.41 Å². The summed E-state index contributed by atoms with van der Waals surface area (Å²) >= 11 is 0. The Hall–Kier alpha value is -0.570. The Balaban J connectivity index is 3.32. The maximum atomic E-state index is 9.95. The van der Waals surface area contributed by atoms with Gasteiger partial charge in [0.2, 0.25) is 6.41 Å². The molecular formula is C9H19NO2. The number of hydrogen-bond donors (Lipinski definition) is 1. The van der Waals surface area contributed by atoms with Crippen molar-refractivity contribution in [2.24, 2.45) is 5.92 Å². The number of ether oxygens (including phenoxy) is 1. The summed E-state index contributed by atoms with van der Waals surface area (Å²) in [5.74, 6) is 0.581. The molecule has 3 heteroatoms. The summed E-state index contributed by atoms with van der Waals surface area (Å²) in [6.45, 7) is 6.49. The second-order valence-corrected chi connectivity index (χ2v) is 2.79. The molecular weight excluding hydrogens is 154 g/mol. The second kappa shape index (κ2) is 8.53. The average Bonchev–Trinajstić information content (AvgIpc) is 2.11. The van der Waals surface area contributed by atoms with Crippen molar-refractivity contribution in [1.82, 2.24) is 5.32 Å². The van der Waals surface area contributed by atoms with Gasteiger partial charge in [-0.15, -0.1) is 0 Å². The number of nitrogens with one attached hydrogen (secondary N) is 1. The van der Waals surface area contributed by atoms with Crippen molar-refractivity contribution in [3.8, 4) is 0 Å². The molecule has 0 heterocycles. The van der Waals surface area contributed by atoms with Gasteiger partial charge < -0.3 is 10.1 Å². The largest absolute Gasteiger partial charge is 0.381 e. The molecule has 0 saturated heterocycles. The molecule has 0 spiro atoms. The SMILES string of the molecule is CCOCC(CC)CCNC=O. The normalized spacial score (nSPS) is 12.5. The molecule has 0 rings (SSSR count). The van der Waals surface area contributed by atoms with Crippen molar-refractivity contribution in [1.29, 1.82) is 0 Å². The van der Waals surface area contributed by atoms with Gasteiger partial charge in [0.05, 0.1) is 0 Å². The molecule has 1 N–H and O–H groups in total. The van der Waals surface area contributed by atoms with Gasteiger partial charge in [-0.05, 0) is 19.3 Å². The molecule has 0 aromatic carbocycles. The van der Waals surface area contributed by atoms with E-state index in [-0.39, 0.29) is 0 Å². The van der Waals surface area contributed by atoms with Crippen LogP contribution < -0.4 is 5.32 Å². The highest BCUT2D eigenvalue weighted by Crippen LogP contribution is 2.07. The van der Waals surface area contributed by atoms with E-state index in [0.717, 1.165) is 39.0 Å². The second-order valence-electron chi connectivity index (χ2n) is 2.79.